The Morgan fingerprint density at radius 1 is 0.846 bits per heavy atom. The average Bonchev–Trinajstić information content (AvgIpc) is 2.10. The Bertz CT molecular complexity index is 262. The molecule has 0 bridgehead atoms. The highest BCUT2D eigenvalue weighted by Gasteiger charge is 1.98. The molecule has 0 fully saturated rings. The minimum atomic E-state index is 1.13. The Labute approximate surface area is 81.4 Å². The van der Waals surface area contributed by atoms with Crippen LogP contribution in [0.2, 0.25) is 0 Å². The molecule has 1 rings (SSSR count). The Kier molecular flexibility index (Phi) is 4.31. The van der Waals surface area contributed by atoms with E-state index in [1.54, 1.807) is 0 Å². The van der Waals surface area contributed by atoms with Crippen LogP contribution in [-0.4, -0.2) is 0 Å². The van der Waals surface area contributed by atoms with Crippen molar-refractivity contribution in [3.63, 3.8) is 0 Å². The van der Waals surface area contributed by atoms with Gasteiger partial charge in [-0.15, -0.1) is 0 Å². The van der Waals surface area contributed by atoms with Crippen LogP contribution in [0.15, 0.2) is 47.6 Å². The van der Waals surface area contributed by atoms with Gasteiger partial charge in [0.2, 0.25) is 0 Å². The zero-order valence-electron chi connectivity index (χ0n) is 8.59. The van der Waals surface area contributed by atoms with Gasteiger partial charge in [0.05, 0.1) is 0 Å². The molecule has 0 aromatic rings. The van der Waals surface area contributed by atoms with Crippen LogP contribution < -0.4 is 0 Å². The number of hydrogen-bond acceptors (Lipinski definition) is 0. The molecular formula is C13H18. The molecule has 0 aliphatic heterocycles. The molecule has 0 spiro atoms. The van der Waals surface area contributed by atoms with E-state index in [1.807, 2.05) is 0 Å². The predicted octanol–water partition coefficient (Wildman–Crippen LogP) is 4.18. The van der Waals surface area contributed by atoms with Crippen LogP contribution in [-0.2, 0) is 0 Å². The lowest BCUT2D eigenvalue weighted by Crippen LogP contribution is -1.87. The largest absolute Gasteiger partial charge is 0.0651 e. The molecular weight excluding hydrogens is 156 g/mol. The van der Waals surface area contributed by atoms with E-state index in [2.05, 4.69) is 50.3 Å². The quantitative estimate of drug-likeness (QED) is 0.602. The smallest absolute Gasteiger partial charge is 0.0279 e. The fourth-order valence-electron chi connectivity index (χ4n) is 1.54. The molecule has 0 heterocycles. The maximum Gasteiger partial charge on any atom is -0.0279 e. The summed E-state index contributed by atoms with van der Waals surface area (Å²) in [7, 11) is 0. The Morgan fingerprint density at radius 3 is 2.00 bits per heavy atom. The van der Waals surface area contributed by atoms with Gasteiger partial charge in [-0.25, -0.2) is 0 Å². The minimum absolute atomic E-state index is 1.13. The fourth-order valence-corrected chi connectivity index (χ4v) is 1.54. The standard InChI is InChI=1S/C13H18/c1-3-9-13-11-8-6-5-7-10-12(13)4-2/h5-8,10-11H,3-4,9H2,1-2H3. The first kappa shape index (κ1) is 10.0. The van der Waals surface area contributed by atoms with E-state index in [0.29, 0.717) is 0 Å². The van der Waals surface area contributed by atoms with E-state index in [4.69, 9.17) is 0 Å². The van der Waals surface area contributed by atoms with Crippen LogP contribution in [0, 0.1) is 0 Å². The van der Waals surface area contributed by atoms with Crippen molar-refractivity contribution in [1.29, 1.82) is 0 Å². The van der Waals surface area contributed by atoms with Crippen molar-refractivity contribution in [2.45, 2.75) is 33.1 Å². The van der Waals surface area contributed by atoms with Gasteiger partial charge in [0, 0.05) is 0 Å². The Hall–Kier alpha value is -1.04. The molecule has 0 heteroatoms. The summed E-state index contributed by atoms with van der Waals surface area (Å²) >= 11 is 0. The lowest BCUT2D eigenvalue weighted by Gasteiger charge is -2.06. The van der Waals surface area contributed by atoms with E-state index in [1.165, 1.54) is 24.0 Å². The molecule has 0 saturated carbocycles. The van der Waals surface area contributed by atoms with Crippen LogP contribution >= 0.6 is 0 Å². The van der Waals surface area contributed by atoms with Gasteiger partial charge in [0.1, 0.15) is 0 Å². The SMILES string of the molecule is CCCC1=C(CC)C=CC=CC=C1. The molecule has 0 amide bonds. The van der Waals surface area contributed by atoms with Crippen LogP contribution in [0.25, 0.3) is 0 Å². The molecule has 0 aromatic carbocycles. The van der Waals surface area contributed by atoms with Crippen LogP contribution in [0.3, 0.4) is 0 Å². The monoisotopic (exact) mass is 174 g/mol. The van der Waals surface area contributed by atoms with Crippen molar-refractivity contribution in [3.05, 3.63) is 47.6 Å². The van der Waals surface area contributed by atoms with E-state index < -0.39 is 0 Å². The summed E-state index contributed by atoms with van der Waals surface area (Å²) in [4.78, 5) is 0. The van der Waals surface area contributed by atoms with Crippen molar-refractivity contribution < 1.29 is 0 Å². The molecule has 0 atom stereocenters. The van der Waals surface area contributed by atoms with Gasteiger partial charge in [-0.3, -0.25) is 0 Å². The second kappa shape index (κ2) is 5.58. The third-order valence-corrected chi connectivity index (χ3v) is 2.24. The summed E-state index contributed by atoms with van der Waals surface area (Å²) in [6, 6.07) is 0. The lowest BCUT2D eigenvalue weighted by atomic mass is 9.99. The van der Waals surface area contributed by atoms with Crippen molar-refractivity contribution in [2.24, 2.45) is 0 Å². The lowest BCUT2D eigenvalue weighted by molar-refractivity contribution is 0.906. The van der Waals surface area contributed by atoms with Crippen molar-refractivity contribution in [2.75, 3.05) is 0 Å². The third kappa shape index (κ3) is 3.06. The summed E-state index contributed by atoms with van der Waals surface area (Å²) in [5, 5.41) is 0. The molecule has 1 aliphatic carbocycles. The topological polar surface area (TPSA) is 0 Å². The summed E-state index contributed by atoms with van der Waals surface area (Å²) in [5.41, 5.74) is 2.97. The molecule has 0 N–H and O–H groups in total. The van der Waals surface area contributed by atoms with E-state index in [0.717, 1.165) is 6.42 Å². The van der Waals surface area contributed by atoms with Gasteiger partial charge < -0.3 is 0 Å². The summed E-state index contributed by atoms with van der Waals surface area (Å²) in [5.74, 6) is 0. The maximum atomic E-state index is 2.24. The molecule has 0 aromatic heterocycles. The van der Waals surface area contributed by atoms with Crippen LogP contribution in [0.1, 0.15) is 33.1 Å². The second-order valence-electron chi connectivity index (χ2n) is 3.26. The summed E-state index contributed by atoms with van der Waals surface area (Å²) in [6.07, 6.45) is 16.4. The highest BCUT2D eigenvalue weighted by molar-refractivity contribution is 5.37. The first-order valence-electron chi connectivity index (χ1n) is 5.12. The first-order valence-corrected chi connectivity index (χ1v) is 5.12. The van der Waals surface area contributed by atoms with Crippen LogP contribution in [0.4, 0.5) is 0 Å². The normalized spacial score (nSPS) is 16.2. The summed E-state index contributed by atoms with van der Waals surface area (Å²) < 4.78 is 0. The van der Waals surface area contributed by atoms with Gasteiger partial charge in [-0.2, -0.15) is 0 Å². The third-order valence-electron chi connectivity index (χ3n) is 2.24. The number of hydrogen-bond donors (Lipinski definition) is 0. The number of rotatable bonds is 3. The highest BCUT2D eigenvalue weighted by atomic mass is 14.0. The van der Waals surface area contributed by atoms with Gasteiger partial charge in [-0.05, 0) is 24.0 Å². The van der Waals surface area contributed by atoms with Crippen molar-refractivity contribution in [3.8, 4) is 0 Å². The zero-order valence-corrected chi connectivity index (χ0v) is 8.59. The molecule has 70 valence electrons. The zero-order chi connectivity index (χ0) is 9.52. The summed E-state index contributed by atoms with van der Waals surface area (Å²) in [6.45, 7) is 4.45. The maximum absolute atomic E-state index is 2.24. The van der Waals surface area contributed by atoms with Crippen molar-refractivity contribution >= 4 is 0 Å². The first-order chi connectivity index (χ1) is 6.38. The van der Waals surface area contributed by atoms with Gasteiger partial charge in [0.15, 0.2) is 0 Å². The minimum Gasteiger partial charge on any atom is -0.0651 e. The highest BCUT2D eigenvalue weighted by Crippen LogP contribution is 2.18. The predicted molar refractivity (Wildman–Crippen MR) is 59.6 cm³/mol. The van der Waals surface area contributed by atoms with Gasteiger partial charge in [-0.1, -0.05) is 56.7 Å². The molecule has 0 unspecified atom stereocenters. The number of allylic oxidation sites excluding steroid dienone is 8. The molecule has 1 aliphatic rings. The van der Waals surface area contributed by atoms with Gasteiger partial charge >= 0.3 is 0 Å². The van der Waals surface area contributed by atoms with Crippen LogP contribution in [0.5, 0.6) is 0 Å². The molecule has 0 saturated heterocycles. The van der Waals surface area contributed by atoms with E-state index in [9.17, 15) is 0 Å². The fraction of sp³-hybridized carbons (Fsp3) is 0.385. The molecule has 13 heavy (non-hydrogen) atoms. The molecule has 0 radical (unpaired) electrons. The van der Waals surface area contributed by atoms with Gasteiger partial charge in [0.25, 0.3) is 0 Å². The van der Waals surface area contributed by atoms with E-state index in [-0.39, 0.29) is 0 Å². The average molecular weight is 174 g/mol. The van der Waals surface area contributed by atoms with E-state index >= 15 is 0 Å². The van der Waals surface area contributed by atoms with Crippen molar-refractivity contribution in [1.82, 2.24) is 0 Å². The molecule has 0 nitrogen and oxygen atoms in total. The second-order valence-corrected chi connectivity index (χ2v) is 3.26. The Morgan fingerprint density at radius 2 is 1.46 bits per heavy atom. The Balaban J connectivity index is 2.89.